The maximum atomic E-state index is 12.3. The van der Waals surface area contributed by atoms with E-state index in [0.717, 1.165) is 0 Å². The molecule has 0 spiro atoms. The van der Waals surface area contributed by atoms with Crippen LogP contribution in [-0.4, -0.2) is 111 Å². The molecule has 27 heavy (non-hydrogen) atoms. The average molecular weight is 407 g/mol. The van der Waals surface area contributed by atoms with Gasteiger partial charge >= 0.3 is 35.5 Å². The van der Waals surface area contributed by atoms with Gasteiger partial charge in [-0.05, 0) is 13.3 Å². The van der Waals surface area contributed by atoms with Gasteiger partial charge in [-0.2, -0.15) is 0 Å². The molecule has 6 atom stereocenters. The minimum absolute atomic E-state index is 0. The van der Waals surface area contributed by atoms with E-state index in [0.29, 0.717) is 17.9 Å². The molecule has 10 heteroatoms. The van der Waals surface area contributed by atoms with Gasteiger partial charge in [0.1, 0.15) is 5.70 Å². The van der Waals surface area contributed by atoms with Crippen LogP contribution in [0, 0.1) is 11.8 Å². The minimum atomic E-state index is -1.12. The van der Waals surface area contributed by atoms with E-state index in [1.54, 1.807) is 25.9 Å². The van der Waals surface area contributed by atoms with Gasteiger partial charge in [0, 0.05) is 36.7 Å². The summed E-state index contributed by atoms with van der Waals surface area (Å²) in [6.45, 7) is 4.08. The van der Waals surface area contributed by atoms with Crippen molar-refractivity contribution in [2.24, 2.45) is 11.8 Å². The van der Waals surface area contributed by atoms with Crippen molar-refractivity contribution in [3.63, 3.8) is 0 Å². The summed E-state index contributed by atoms with van der Waals surface area (Å²) in [5, 5.41) is 22.8. The van der Waals surface area contributed by atoms with Crippen LogP contribution in [0.25, 0.3) is 0 Å². The summed E-state index contributed by atoms with van der Waals surface area (Å²) in [5.41, 5.74) is 0.0387. The first-order valence-corrected chi connectivity index (χ1v) is 9.62. The van der Waals surface area contributed by atoms with E-state index in [9.17, 15) is 24.6 Å². The number of amides is 2. The Morgan fingerprint density at radius 1 is 1.37 bits per heavy atom. The average Bonchev–Trinajstić information content (AvgIpc) is 3.09. The number of aliphatic hydroxyl groups excluding tert-OH is 1. The van der Waals surface area contributed by atoms with E-state index in [1.165, 1.54) is 16.7 Å². The molecule has 0 saturated carbocycles. The van der Waals surface area contributed by atoms with E-state index in [1.807, 2.05) is 6.92 Å². The van der Waals surface area contributed by atoms with Crippen molar-refractivity contribution in [3.8, 4) is 0 Å². The Morgan fingerprint density at radius 2 is 2.00 bits per heavy atom. The fourth-order valence-electron chi connectivity index (χ4n) is 4.15. The normalized spacial score (nSPS) is 33.3. The van der Waals surface area contributed by atoms with E-state index >= 15 is 0 Å². The molecule has 3 N–H and O–H groups in total. The molecule has 3 aliphatic rings. The van der Waals surface area contributed by atoms with Gasteiger partial charge in [0.2, 0.25) is 11.8 Å². The van der Waals surface area contributed by atoms with Gasteiger partial charge in [-0.15, -0.1) is 11.8 Å². The number of aliphatic carboxylic acids is 1. The number of carboxylic acids is 1. The number of carboxylic acid groups (broad SMARTS) is 1. The predicted molar refractivity (Wildman–Crippen MR) is 103 cm³/mol. The fourth-order valence-corrected chi connectivity index (χ4v) is 5.63. The summed E-state index contributed by atoms with van der Waals surface area (Å²) in [6, 6.07) is -0.568. The number of fused-ring (bicyclic) bond motifs is 1. The molecule has 3 rings (SSSR count). The van der Waals surface area contributed by atoms with Crippen LogP contribution < -0.4 is 5.32 Å². The van der Waals surface area contributed by atoms with Crippen LogP contribution >= 0.6 is 11.8 Å². The third-order valence-corrected chi connectivity index (χ3v) is 6.95. The maximum absolute atomic E-state index is 12.3. The first-order chi connectivity index (χ1) is 12.1. The molecule has 2 fully saturated rings. The van der Waals surface area contributed by atoms with Crippen LogP contribution in [0.2, 0.25) is 0 Å². The summed E-state index contributed by atoms with van der Waals surface area (Å²) in [6.07, 6.45) is -0.190. The summed E-state index contributed by atoms with van der Waals surface area (Å²) < 4.78 is 0. The van der Waals surface area contributed by atoms with Crippen LogP contribution in [0.1, 0.15) is 20.3 Å². The molecule has 0 aliphatic carbocycles. The number of hydrogen-bond acceptors (Lipinski definition) is 6. The van der Waals surface area contributed by atoms with Crippen molar-refractivity contribution in [2.75, 3.05) is 20.6 Å². The van der Waals surface area contributed by atoms with E-state index in [2.05, 4.69) is 5.32 Å². The molecule has 1 unspecified atom stereocenters. The van der Waals surface area contributed by atoms with Crippen molar-refractivity contribution in [3.05, 3.63) is 10.6 Å². The summed E-state index contributed by atoms with van der Waals surface area (Å²) in [7, 11) is 3.42. The first kappa shape index (κ1) is 22.7. The molecule has 2 amide bonds. The standard InChI is InChI=1S/C17H25N3O5S.Na.H/c1-7-12-11(8(2)21)16(23)20(12)13(17(24)25)14(7)26-9-5-10(18-6-9)15(22)19(3)4;;/h7-12,18,21H,5-6H2,1-4H3,(H,24,25);;/t7-,8?,9+,10+,11-,12-;;/m1../s1. The SMILES string of the molecule is CC(O)[C@H]1C(=O)N2C(C(=O)O)=C(S[C@@H]3CN[C@H](C(=O)N(C)C)C3)[C@H](C)[C@H]12.[NaH]. The monoisotopic (exact) mass is 407 g/mol. The Balaban J connectivity index is 0.00000261. The Hall–Kier alpha value is -0.580. The number of hydrogen-bond donors (Lipinski definition) is 3. The van der Waals surface area contributed by atoms with Crippen molar-refractivity contribution >= 4 is 59.1 Å². The van der Waals surface area contributed by atoms with Gasteiger partial charge in [0.25, 0.3) is 0 Å². The van der Waals surface area contributed by atoms with Gasteiger partial charge in [-0.25, -0.2) is 4.79 Å². The summed E-state index contributed by atoms with van der Waals surface area (Å²) in [4.78, 5) is 39.8. The number of nitrogens with zero attached hydrogens (tertiary/aromatic N) is 2. The van der Waals surface area contributed by atoms with Crippen LogP contribution in [0.3, 0.4) is 0 Å². The number of carbonyl (C=O) groups is 3. The number of β-lactam (4-membered cyclic amide) rings is 1. The van der Waals surface area contributed by atoms with Gasteiger partial charge in [-0.1, -0.05) is 6.92 Å². The molecule has 0 aromatic rings. The van der Waals surface area contributed by atoms with Crippen LogP contribution in [0.5, 0.6) is 0 Å². The first-order valence-electron chi connectivity index (χ1n) is 8.75. The number of thioether (sulfide) groups is 1. The molecule has 8 nitrogen and oxygen atoms in total. The summed E-state index contributed by atoms with van der Waals surface area (Å²) in [5.74, 6) is -2.14. The second-order valence-electron chi connectivity index (χ2n) is 7.44. The van der Waals surface area contributed by atoms with Crippen molar-refractivity contribution in [2.45, 2.75) is 43.7 Å². The number of nitrogens with one attached hydrogen (secondary N) is 1. The fraction of sp³-hybridized carbons (Fsp3) is 0.706. The molecule has 146 valence electrons. The van der Waals surface area contributed by atoms with Gasteiger partial charge < -0.3 is 25.3 Å². The third-order valence-electron chi connectivity index (χ3n) is 5.43. The Kier molecular flexibility index (Phi) is 7.08. The number of rotatable bonds is 5. The van der Waals surface area contributed by atoms with Gasteiger partial charge in [0.05, 0.1) is 24.1 Å². The molecule has 2 saturated heterocycles. The molecule has 0 aromatic carbocycles. The van der Waals surface area contributed by atoms with Crippen LogP contribution in [0.15, 0.2) is 10.6 Å². The van der Waals surface area contributed by atoms with Crippen molar-refractivity contribution in [1.29, 1.82) is 0 Å². The predicted octanol–water partition coefficient (Wildman–Crippen LogP) is -0.956. The Bertz CT molecular complexity index is 683. The topological polar surface area (TPSA) is 110 Å². The molecular weight excluding hydrogens is 381 g/mol. The quantitative estimate of drug-likeness (QED) is 0.398. The molecular formula is C17H26N3NaO5S. The third kappa shape index (κ3) is 3.82. The van der Waals surface area contributed by atoms with Crippen molar-refractivity contribution in [1.82, 2.24) is 15.1 Å². The van der Waals surface area contributed by atoms with Crippen LogP contribution in [0.4, 0.5) is 0 Å². The second kappa shape index (κ2) is 8.42. The zero-order chi connectivity index (χ0) is 19.3. The van der Waals surface area contributed by atoms with Gasteiger partial charge in [0.15, 0.2) is 0 Å². The Morgan fingerprint density at radius 3 is 2.52 bits per heavy atom. The zero-order valence-electron chi connectivity index (χ0n) is 15.3. The molecule has 0 bridgehead atoms. The molecule has 3 aliphatic heterocycles. The molecule has 3 heterocycles. The van der Waals surface area contributed by atoms with Crippen molar-refractivity contribution < 1.29 is 24.6 Å². The molecule has 0 aromatic heterocycles. The number of carbonyl (C=O) groups excluding carboxylic acids is 2. The van der Waals surface area contributed by atoms with Crippen LogP contribution in [-0.2, 0) is 14.4 Å². The zero-order valence-corrected chi connectivity index (χ0v) is 16.1. The summed E-state index contributed by atoms with van der Waals surface area (Å²) >= 11 is 1.45. The second-order valence-corrected chi connectivity index (χ2v) is 8.78. The number of aliphatic hydroxyl groups is 1. The Labute approximate surface area is 185 Å². The number of likely N-dealkylation sites (N-methyl/N-ethyl adjacent to an activating group) is 1. The van der Waals surface area contributed by atoms with E-state index in [-0.39, 0.29) is 70.3 Å². The van der Waals surface area contributed by atoms with E-state index < -0.39 is 18.0 Å². The van der Waals surface area contributed by atoms with E-state index in [4.69, 9.17) is 0 Å². The van der Waals surface area contributed by atoms with Gasteiger partial charge in [-0.3, -0.25) is 9.59 Å². The molecule has 0 radical (unpaired) electrons.